The first-order valence-electron chi connectivity index (χ1n) is 13.3. The number of amides is 3. The van der Waals surface area contributed by atoms with E-state index in [2.05, 4.69) is 10.6 Å². The van der Waals surface area contributed by atoms with Crippen molar-refractivity contribution in [1.82, 2.24) is 10.6 Å². The summed E-state index contributed by atoms with van der Waals surface area (Å²) in [4.78, 5) is 51.2. The van der Waals surface area contributed by atoms with E-state index in [1.165, 1.54) is 18.2 Å². The Labute approximate surface area is 227 Å². The molecule has 0 saturated carbocycles. The van der Waals surface area contributed by atoms with E-state index in [-0.39, 0.29) is 29.9 Å². The van der Waals surface area contributed by atoms with Crippen molar-refractivity contribution in [2.75, 3.05) is 0 Å². The fraction of sp³-hybridized carbons (Fsp3) is 0.290. The number of carbonyl (C=O) groups is 4. The number of carbonyl (C=O) groups excluding carboxylic acids is 4. The molecule has 8 nitrogen and oxygen atoms in total. The molecule has 4 rings (SSSR count). The maximum atomic E-state index is 13.4. The van der Waals surface area contributed by atoms with Gasteiger partial charge in [0.05, 0.1) is 6.04 Å². The summed E-state index contributed by atoms with van der Waals surface area (Å²) in [5, 5.41) is 5.21. The highest BCUT2D eigenvalue weighted by atomic mass is 16.5. The molecule has 0 heterocycles. The Bertz CT molecular complexity index is 1300. The summed E-state index contributed by atoms with van der Waals surface area (Å²) in [6.45, 7) is 3.89. The van der Waals surface area contributed by atoms with Crippen molar-refractivity contribution < 1.29 is 28.7 Å². The first-order chi connectivity index (χ1) is 18.9. The van der Waals surface area contributed by atoms with Crippen LogP contribution in [0.2, 0.25) is 0 Å². The second-order valence-corrected chi connectivity index (χ2v) is 9.32. The van der Waals surface area contributed by atoms with Gasteiger partial charge in [-0.2, -0.15) is 0 Å². The van der Waals surface area contributed by atoms with Gasteiger partial charge in [-0.25, -0.2) is 4.79 Å². The summed E-state index contributed by atoms with van der Waals surface area (Å²) in [5.41, 5.74) is 3.65. The maximum absolute atomic E-state index is 13.4. The number of nitrogens with one attached hydrogen (secondary N) is 2. The number of rotatable bonds is 10. The van der Waals surface area contributed by atoms with Crippen LogP contribution >= 0.6 is 0 Å². The lowest BCUT2D eigenvalue weighted by atomic mass is 10.1. The predicted octanol–water partition coefficient (Wildman–Crippen LogP) is 6.09. The number of unbranched alkanes of at least 4 members (excludes halogenated alkanes) is 2. The van der Waals surface area contributed by atoms with Crippen molar-refractivity contribution in [2.45, 2.75) is 58.4 Å². The van der Waals surface area contributed by atoms with Crippen molar-refractivity contribution in [3.8, 4) is 22.6 Å². The van der Waals surface area contributed by atoms with Gasteiger partial charge in [0.1, 0.15) is 17.1 Å². The Kier molecular flexibility index (Phi) is 9.10. The monoisotopic (exact) mass is 528 g/mol. The number of fused-ring (bicyclic) bond motifs is 3. The molecule has 1 aliphatic rings. The molecular weight excluding hydrogens is 496 g/mol. The van der Waals surface area contributed by atoms with Gasteiger partial charge in [0.15, 0.2) is 0 Å². The van der Waals surface area contributed by atoms with E-state index in [1.54, 1.807) is 0 Å². The van der Waals surface area contributed by atoms with Crippen molar-refractivity contribution in [3.63, 3.8) is 0 Å². The average Bonchev–Trinajstić information content (AvgIpc) is 3.24. The smallest absolute Gasteiger partial charge is 0.322 e. The molecule has 3 aromatic carbocycles. The molecule has 0 unspecified atom stereocenters. The van der Waals surface area contributed by atoms with Gasteiger partial charge in [0.25, 0.3) is 5.91 Å². The van der Waals surface area contributed by atoms with Gasteiger partial charge in [0, 0.05) is 12.8 Å². The summed E-state index contributed by atoms with van der Waals surface area (Å²) >= 11 is 0. The van der Waals surface area contributed by atoms with Gasteiger partial charge in [-0.1, -0.05) is 81.3 Å². The van der Waals surface area contributed by atoms with Crippen LogP contribution in [0.1, 0.15) is 79.9 Å². The lowest BCUT2D eigenvalue weighted by Gasteiger charge is -2.17. The number of urea groups is 1. The second-order valence-electron chi connectivity index (χ2n) is 9.32. The molecular formula is C31H32N2O6. The number of imide groups is 1. The van der Waals surface area contributed by atoms with Crippen LogP contribution in [0.3, 0.4) is 0 Å². The zero-order valence-corrected chi connectivity index (χ0v) is 22.1. The van der Waals surface area contributed by atoms with Crippen LogP contribution in [0.25, 0.3) is 11.1 Å². The van der Waals surface area contributed by atoms with Gasteiger partial charge in [-0.3, -0.25) is 19.7 Å². The third-order valence-electron chi connectivity index (χ3n) is 6.47. The van der Waals surface area contributed by atoms with Gasteiger partial charge < -0.3 is 14.8 Å². The molecule has 3 amide bonds. The Morgan fingerprint density at radius 3 is 1.67 bits per heavy atom. The van der Waals surface area contributed by atoms with Crippen LogP contribution in [0.15, 0.2) is 66.7 Å². The fourth-order valence-electron chi connectivity index (χ4n) is 4.54. The Balaban J connectivity index is 1.57. The third-order valence-corrected chi connectivity index (χ3v) is 6.47. The van der Waals surface area contributed by atoms with Crippen molar-refractivity contribution in [1.29, 1.82) is 0 Å². The Morgan fingerprint density at radius 2 is 1.18 bits per heavy atom. The fourth-order valence-corrected chi connectivity index (χ4v) is 4.54. The molecule has 0 bridgehead atoms. The van der Waals surface area contributed by atoms with Gasteiger partial charge in [0.2, 0.25) is 0 Å². The molecule has 0 aromatic heterocycles. The lowest BCUT2D eigenvalue weighted by molar-refractivity contribution is -0.134. The number of benzene rings is 3. The van der Waals surface area contributed by atoms with E-state index in [0.29, 0.717) is 12.8 Å². The van der Waals surface area contributed by atoms with Crippen LogP contribution in [-0.2, 0) is 9.59 Å². The number of hydrogen-bond donors (Lipinski definition) is 2. The molecule has 0 spiro atoms. The van der Waals surface area contributed by atoms with Gasteiger partial charge in [-0.05, 0) is 47.2 Å². The molecule has 202 valence electrons. The average molecular weight is 529 g/mol. The van der Waals surface area contributed by atoms with E-state index in [1.807, 2.05) is 62.4 Å². The predicted molar refractivity (Wildman–Crippen MR) is 146 cm³/mol. The second kappa shape index (κ2) is 12.9. The molecule has 39 heavy (non-hydrogen) atoms. The molecule has 1 aliphatic carbocycles. The normalized spacial score (nSPS) is 11.7. The molecule has 8 heteroatoms. The van der Waals surface area contributed by atoms with Crippen LogP contribution in [0, 0.1) is 0 Å². The van der Waals surface area contributed by atoms with Crippen LogP contribution < -0.4 is 20.1 Å². The van der Waals surface area contributed by atoms with E-state index >= 15 is 0 Å². The van der Waals surface area contributed by atoms with Gasteiger partial charge in [-0.15, -0.1) is 0 Å². The SMILES string of the molecule is CCCCC(=O)Oc1cccc(OC(=O)CCCC)c1C(=O)NC(=O)NC1c2ccccc2-c2ccccc21. The van der Waals surface area contributed by atoms with Crippen LogP contribution in [-0.4, -0.2) is 23.9 Å². The summed E-state index contributed by atoms with van der Waals surface area (Å²) < 4.78 is 10.9. The van der Waals surface area contributed by atoms with E-state index < -0.39 is 29.9 Å². The quantitative estimate of drug-likeness (QED) is 0.243. The summed E-state index contributed by atoms with van der Waals surface area (Å²) in [5.74, 6) is -2.07. The highest BCUT2D eigenvalue weighted by molar-refractivity contribution is 6.08. The minimum absolute atomic E-state index is 0.0845. The third kappa shape index (κ3) is 6.52. The topological polar surface area (TPSA) is 111 Å². The molecule has 0 aliphatic heterocycles. The molecule has 0 saturated heterocycles. The van der Waals surface area contributed by atoms with E-state index in [4.69, 9.17) is 9.47 Å². The maximum Gasteiger partial charge on any atom is 0.322 e. The molecule has 0 radical (unpaired) electrons. The zero-order chi connectivity index (χ0) is 27.8. The zero-order valence-electron chi connectivity index (χ0n) is 22.1. The highest BCUT2D eigenvalue weighted by Crippen LogP contribution is 2.43. The largest absolute Gasteiger partial charge is 0.426 e. The van der Waals surface area contributed by atoms with Crippen molar-refractivity contribution in [3.05, 3.63) is 83.4 Å². The number of ether oxygens (including phenoxy) is 2. The highest BCUT2D eigenvalue weighted by Gasteiger charge is 2.30. The number of hydrogen-bond acceptors (Lipinski definition) is 6. The van der Waals surface area contributed by atoms with Crippen LogP contribution in [0.5, 0.6) is 11.5 Å². The number of esters is 2. The van der Waals surface area contributed by atoms with E-state index in [0.717, 1.165) is 35.1 Å². The summed E-state index contributed by atoms with van der Waals surface area (Å²) in [7, 11) is 0. The Hall–Kier alpha value is -4.46. The summed E-state index contributed by atoms with van der Waals surface area (Å²) in [6, 6.07) is 18.7. The molecule has 2 N–H and O–H groups in total. The van der Waals surface area contributed by atoms with Crippen molar-refractivity contribution in [2.24, 2.45) is 0 Å². The lowest BCUT2D eigenvalue weighted by Crippen LogP contribution is -2.41. The van der Waals surface area contributed by atoms with E-state index in [9.17, 15) is 19.2 Å². The Morgan fingerprint density at radius 1 is 0.692 bits per heavy atom. The molecule has 0 fully saturated rings. The summed E-state index contributed by atoms with van der Waals surface area (Å²) in [6.07, 6.45) is 3.17. The minimum Gasteiger partial charge on any atom is -0.426 e. The first kappa shape index (κ1) is 27.6. The first-order valence-corrected chi connectivity index (χ1v) is 13.3. The molecule has 0 atom stereocenters. The van der Waals surface area contributed by atoms with Crippen LogP contribution in [0.4, 0.5) is 4.79 Å². The minimum atomic E-state index is -0.857. The standard InChI is InChI=1S/C31H32N2O6/c1-3-5-18-26(34)38-24-16-11-17-25(39-27(35)19-6-4-2)28(24)30(36)33-31(37)32-29-22-14-9-7-12-20(22)21-13-8-10-15-23(21)29/h7-17,29H,3-6,18-19H2,1-2H3,(H2,32,33,36,37). The molecule has 3 aromatic rings. The van der Waals surface area contributed by atoms with Crippen molar-refractivity contribution >= 4 is 23.9 Å². The van der Waals surface area contributed by atoms with Gasteiger partial charge >= 0.3 is 18.0 Å².